The first-order valence-electron chi connectivity index (χ1n) is 5.83. The van der Waals surface area contributed by atoms with Gasteiger partial charge in [-0.3, -0.25) is 0 Å². The van der Waals surface area contributed by atoms with Gasteiger partial charge in [-0.2, -0.15) is 0 Å². The van der Waals surface area contributed by atoms with Crippen LogP contribution in [0.25, 0.3) is 0 Å². The van der Waals surface area contributed by atoms with E-state index in [4.69, 9.17) is 4.74 Å². The normalized spacial score (nSPS) is 26.1. The zero-order valence-corrected chi connectivity index (χ0v) is 13.3. The van der Waals surface area contributed by atoms with Crippen LogP contribution in [0, 0.1) is 0 Å². The smallest absolute Gasteiger partial charge is 0.0849 e. The van der Waals surface area contributed by atoms with Crippen molar-refractivity contribution in [2.45, 2.75) is 31.4 Å². The summed E-state index contributed by atoms with van der Waals surface area (Å²) in [5.74, 6) is 0. The van der Waals surface area contributed by atoms with Crippen molar-refractivity contribution < 1.29 is 4.74 Å². The summed E-state index contributed by atoms with van der Waals surface area (Å²) < 4.78 is 8.16. The van der Waals surface area contributed by atoms with Gasteiger partial charge < -0.3 is 10.1 Å². The maximum absolute atomic E-state index is 5.94. The lowest BCUT2D eigenvalue weighted by Gasteiger charge is -2.34. The van der Waals surface area contributed by atoms with Crippen molar-refractivity contribution in [3.05, 3.63) is 32.7 Å². The van der Waals surface area contributed by atoms with Crippen molar-refractivity contribution in [1.82, 2.24) is 5.32 Å². The largest absolute Gasteiger partial charge is 0.373 e. The molecule has 2 unspecified atom stereocenters. The molecule has 94 valence electrons. The monoisotopic (exact) mass is 361 g/mol. The fourth-order valence-corrected chi connectivity index (χ4v) is 3.41. The fourth-order valence-electron chi connectivity index (χ4n) is 2.55. The van der Waals surface area contributed by atoms with Crippen LogP contribution < -0.4 is 5.32 Å². The Kier molecular flexibility index (Phi) is 4.29. The number of benzene rings is 1. The van der Waals surface area contributed by atoms with E-state index in [0.29, 0.717) is 0 Å². The average molecular weight is 363 g/mol. The van der Waals surface area contributed by atoms with Gasteiger partial charge in [0.15, 0.2) is 0 Å². The van der Waals surface area contributed by atoms with Crippen molar-refractivity contribution in [2.24, 2.45) is 0 Å². The lowest BCUT2D eigenvalue weighted by molar-refractivity contribution is -0.0106. The summed E-state index contributed by atoms with van der Waals surface area (Å²) in [6, 6.07) is 6.47. The highest BCUT2D eigenvalue weighted by Gasteiger charge is 2.39. The van der Waals surface area contributed by atoms with Gasteiger partial charge in [-0.15, -0.1) is 0 Å². The van der Waals surface area contributed by atoms with Crippen LogP contribution >= 0.6 is 31.9 Å². The lowest BCUT2D eigenvalue weighted by Crippen LogP contribution is -2.39. The molecule has 4 heteroatoms. The van der Waals surface area contributed by atoms with E-state index in [0.717, 1.165) is 28.4 Å². The summed E-state index contributed by atoms with van der Waals surface area (Å²) in [7, 11) is 1.99. The van der Waals surface area contributed by atoms with Crippen LogP contribution in [-0.2, 0) is 4.74 Å². The minimum atomic E-state index is -0.113. The molecule has 2 atom stereocenters. The highest BCUT2D eigenvalue weighted by Crippen LogP contribution is 2.40. The molecule has 1 fully saturated rings. The molecule has 1 aliphatic rings. The van der Waals surface area contributed by atoms with Crippen molar-refractivity contribution in [1.29, 1.82) is 0 Å². The number of likely N-dealkylation sites (N-methyl/N-ethyl adjacent to an activating group) is 1. The third kappa shape index (κ3) is 2.75. The van der Waals surface area contributed by atoms with Gasteiger partial charge in [0.2, 0.25) is 0 Å². The summed E-state index contributed by atoms with van der Waals surface area (Å²) >= 11 is 7.16. The van der Waals surface area contributed by atoms with Crippen LogP contribution in [0.1, 0.15) is 31.4 Å². The van der Waals surface area contributed by atoms with E-state index in [1.165, 1.54) is 5.56 Å². The van der Waals surface area contributed by atoms with E-state index >= 15 is 0 Å². The predicted molar refractivity (Wildman–Crippen MR) is 77.2 cm³/mol. The highest BCUT2D eigenvalue weighted by molar-refractivity contribution is 9.11. The molecule has 1 aliphatic heterocycles. The first-order chi connectivity index (χ1) is 8.07. The molecule has 1 N–H and O–H groups in total. The van der Waals surface area contributed by atoms with E-state index in [9.17, 15) is 0 Å². The van der Waals surface area contributed by atoms with Crippen molar-refractivity contribution in [2.75, 3.05) is 13.7 Å². The first-order valence-corrected chi connectivity index (χ1v) is 7.41. The molecule has 1 aromatic carbocycles. The van der Waals surface area contributed by atoms with E-state index in [-0.39, 0.29) is 11.6 Å². The summed E-state index contributed by atoms with van der Waals surface area (Å²) in [6.07, 6.45) is 2.23. The highest BCUT2D eigenvalue weighted by atomic mass is 79.9. The van der Waals surface area contributed by atoms with E-state index < -0.39 is 0 Å². The first kappa shape index (κ1) is 13.5. The Morgan fingerprint density at radius 3 is 2.76 bits per heavy atom. The quantitative estimate of drug-likeness (QED) is 0.876. The van der Waals surface area contributed by atoms with Crippen LogP contribution in [0.4, 0.5) is 0 Å². The van der Waals surface area contributed by atoms with E-state index in [2.05, 4.69) is 56.2 Å². The lowest BCUT2D eigenvalue weighted by atomic mass is 9.88. The number of hydrogen-bond acceptors (Lipinski definition) is 2. The molecule has 0 radical (unpaired) electrons. The molecule has 17 heavy (non-hydrogen) atoms. The van der Waals surface area contributed by atoms with E-state index in [1.54, 1.807) is 0 Å². The molecule has 0 saturated carbocycles. The number of rotatable bonds is 3. The molecular formula is C13H17Br2NO. The summed E-state index contributed by atoms with van der Waals surface area (Å²) in [4.78, 5) is 0. The minimum absolute atomic E-state index is 0.113. The molecule has 1 saturated heterocycles. The van der Waals surface area contributed by atoms with Crippen molar-refractivity contribution in [3.63, 3.8) is 0 Å². The number of ether oxygens (including phenoxy) is 1. The van der Waals surface area contributed by atoms with Gasteiger partial charge in [0.05, 0.1) is 11.6 Å². The molecule has 0 spiro atoms. The van der Waals surface area contributed by atoms with Gasteiger partial charge in [0.1, 0.15) is 0 Å². The third-order valence-corrected chi connectivity index (χ3v) is 4.63. The predicted octanol–water partition coefficient (Wildman–Crippen LogP) is 4.04. The Morgan fingerprint density at radius 2 is 2.18 bits per heavy atom. The van der Waals surface area contributed by atoms with Crippen LogP contribution in [0.3, 0.4) is 0 Å². The molecule has 2 rings (SSSR count). The molecule has 1 aromatic rings. The van der Waals surface area contributed by atoms with Gasteiger partial charge in [-0.25, -0.2) is 0 Å². The zero-order valence-electron chi connectivity index (χ0n) is 10.1. The minimum Gasteiger partial charge on any atom is -0.373 e. The molecule has 0 aliphatic carbocycles. The fraction of sp³-hybridized carbons (Fsp3) is 0.538. The summed E-state index contributed by atoms with van der Waals surface area (Å²) in [6.45, 7) is 3.05. The van der Waals surface area contributed by atoms with Gasteiger partial charge >= 0.3 is 0 Å². The molecule has 1 heterocycles. The second kappa shape index (κ2) is 5.39. The Bertz CT molecular complexity index is 402. The second-order valence-corrected chi connectivity index (χ2v) is 6.42. The van der Waals surface area contributed by atoms with Gasteiger partial charge in [-0.1, -0.05) is 31.9 Å². The Morgan fingerprint density at radius 1 is 1.41 bits per heavy atom. The Balaban J connectivity index is 2.37. The number of nitrogens with one attached hydrogen (secondary N) is 1. The topological polar surface area (TPSA) is 21.3 Å². The maximum atomic E-state index is 5.94. The second-order valence-electron chi connectivity index (χ2n) is 4.65. The standard InChI is InChI=1S/C13H17Br2NO/c1-13(6-3-7-17-13)12(16-2)10-8-9(14)4-5-11(10)15/h4-5,8,12,16H,3,6-7H2,1-2H3. The average Bonchev–Trinajstić information content (AvgIpc) is 2.72. The Labute approximate surface area is 119 Å². The van der Waals surface area contributed by atoms with Crippen LogP contribution in [0.5, 0.6) is 0 Å². The third-order valence-electron chi connectivity index (χ3n) is 3.42. The summed E-state index contributed by atoms with van der Waals surface area (Å²) in [5.41, 5.74) is 1.13. The zero-order chi connectivity index (χ0) is 12.5. The van der Waals surface area contributed by atoms with Crippen LogP contribution in [0.15, 0.2) is 27.1 Å². The van der Waals surface area contributed by atoms with Crippen LogP contribution in [-0.4, -0.2) is 19.3 Å². The number of halogens is 2. The molecule has 2 nitrogen and oxygen atoms in total. The van der Waals surface area contributed by atoms with Gasteiger partial charge in [-0.05, 0) is 50.6 Å². The van der Waals surface area contributed by atoms with Gasteiger partial charge in [0, 0.05) is 15.6 Å². The maximum Gasteiger partial charge on any atom is 0.0849 e. The SMILES string of the molecule is CNC(c1cc(Br)ccc1Br)C1(C)CCCO1. The van der Waals surface area contributed by atoms with E-state index in [1.807, 2.05) is 13.1 Å². The van der Waals surface area contributed by atoms with Crippen LogP contribution in [0.2, 0.25) is 0 Å². The molecular weight excluding hydrogens is 346 g/mol. The van der Waals surface area contributed by atoms with Gasteiger partial charge in [0.25, 0.3) is 0 Å². The van der Waals surface area contributed by atoms with Crippen molar-refractivity contribution in [3.8, 4) is 0 Å². The molecule has 0 amide bonds. The number of hydrogen-bond donors (Lipinski definition) is 1. The molecule has 0 bridgehead atoms. The summed E-state index contributed by atoms with van der Waals surface area (Å²) in [5, 5.41) is 3.39. The van der Waals surface area contributed by atoms with Crippen molar-refractivity contribution >= 4 is 31.9 Å². The Hall–Kier alpha value is 0.1000. The molecule has 0 aromatic heterocycles.